The van der Waals surface area contributed by atoms with Gasteiger partial charge in [0.15, 0.2) is 5.78 Å². The van der Waals surface area contributed by atoms with Crippen LogP contribution >= 0.6 is 0 Å². The minimum Gasteiger partial charge on any atom is -0.497 e. The summed E-state index contributed by atoms with van der Waals surface area (Å²) in [5.74, 6) is 0.176. The van der Waals surface area contributed by atoms with Gasteiger partial charge in [0.2, 0.25) is 10.0 Å². The molecule has 1 unspecified atom stereocenters. The van der Waals surface area contributed by atoms with E-state index < -0.39 is 15.9 Å². The Bertz CT molecular complexity index is 978. The van der Waals surface area contributed by atoms with Gasteiger partial charge in [-0.2, -0.15) is 9.57 Å². The zero-order chi connectivity index (χ0) is 19.4. The number of ketones is 1. The van der Waals surface area contributed by atoms with Crippen LogP contribution in [0.4, 0.5) is 0 Å². The summed E-state index contributed by atoms with van der Waals surface area (Å²) in [5.41, 5.74) is 0.651. The number of hydrogen-bond donors (Lipinski definition) is 0. The summed E-state index contributed by atoms with van der Waals surface area (Å²) in [6.07, 6.45) is 1.23. The number of sulfonamides is 1. The third kappa shape index (κ3) is 3.87. The van der Waals surface area contributed by atoms with Crippen molar-refractivity contribution in [2.45, 2.75) is 17.7 Å². The quantitative estimate of drug-likeness (QED) is 0.740. The fourth-order valence-corrected chi connectivity index (χ4v) is 4.95. The average molecular weight is 384 g/mol. The minimum atomic E-state index is -3.83. The second-order valence-corrected chi connectivity index (χ2v) is 8.31. The molecule has 1 atom stereocenters. The number of nitrogens with zero attached hydrogens (tertiary/aromatic N) is 2. The highest BCUT2D eigenvalue weighted by atomic mass is 32.2. The second-order valence-electron chi connectivity index (χ2n) is 6.40. The van der Waals surface area contributed by atoms with E-state index in [2.05, 4.69) is 0 Å². The molecule has 0 amide bonds. The Hall–Kier alpha value is -2.69. The largest absolute Gasteiger partial charge is 0.497 e. The summed E-state index contributed by atoms with van der Waals surface area (Å²) in [6.45, 7) is 0.460. The molecule has 1 fully saturated rings. The molecule has 1 aliphatic heterocycles. The smallest absolute Gasteiger partial charge is 0.244 e. The molecular formula is C20H20N2O4S. The number of piperidine rings is 1. The van der Waals surface area contributed by atoms with E-state index in [-0.39, 0.29) is 22.8 Å². The molecule has 0 saturated carbocycles. The van der Waals surface area contributed by atoms with Crippen molar-refractivity contribution in [1.29, 1.82) is 5.26 Å². The Morgan fingerprint density at radius 1 is 1.19 bits per heavy atom. The van der Waals surface area contributed by atoms with E-state index in [0.29, 0.717) is 30.7 Å². The molecule has 2 aromatic rings. The highest BCUT2D eigenvalue weighted by Crippen LogP contribution is 2.27. The molecule has 1 aliphatic rings. The van der Waals surface area contributed by atoms with Crippen LogP contribution in [0.15, 0.2) is 53.4 Å². The van der Waals surface area contributed by atoms with Crippen molar-refractivity contribution in [3.63, 3.8) is 0 Å². The fraction of sp³-hybridized carbons (Fsp3) is 0.300. The maximum atomic E-state index is 13.0. The van der Waals surface area contributed by atoms with Gasteiger partial charge in [0.25, 0.3) is 0 Å². The molecule has 0 N–H and O–H groups in total. The summed E-state index contributed by atoms with van der Waals surface area (Å²) in [5, 5.41) is 9.21. The number of carbonyl (C=O) groups excluding carboxylic acids is 1. The number of Topliss-reactive ketones (excluding diaryl/α,β-unsaturated/α-hetero) is 1. The number of benzene rings is 2. The summed E-state index contributed by atoms with van der Waals surface area (Å²) >= 11 is 0. The van der Waals surface area contributed by atoms with Gasteiger partial charge in [0.1, 0.15) is 11.8 Å². The number of carbonyl (C=O) groups is 1. The van der Waals surface area contributed by atoms with Gasteiger partial charge < -0.3 is 4.74 Å². The van der Waals surface area contributed by atoms with Gasteiger partial charge in [-0.25, -0.2) is 8.42 Å². The van der Waals surface area contributed by atoms with Crippen molar-refractivity contribution in [1.82, 2.24) is 4.31 Å². The van der Waals surface area contributed by atoms with E-state index in [4.69, 9.17) is 4.74 Å². The summed E-state index contributed by atoms with van der Waals surface area (Å²) in [7, 11) is -2.27. The predicted octanol–water partition coefficient (Wildman–Crippen LogP) is 2.85. The third-order valence-corrected chi connectivity index (χ3v) is 6.68. The normalized spacial score (nSPS) is 17.9. The molecule has 7 heteroatoms. The maximum absolute atomic E-state index is 13.0. The number of ether oxygens (including phenoxy) is 1. The van der Waals surface area contributed by atoms with Crippen LogP contribution in [0.5, 0.6) is 5.75 Å². The van der Waals surface area contributed by atoms with Crippen LogP contribution in [0.25, 0.3) is 0 Å². The van der Waals surface area contributed by atoms with E-state index in [1.807, 2.05) is 6.07 Å². The number of methoxy groups -OCH3 is 1. The van der Waals surface area contributed by atoms with Crippen LogP contribution in [-0.2, 0) is 10.0 Å². The Kier molecular flexibility index (Phi) is 5.59. The van der Waals surface area contributed by atoms with Crippen LogP contribution in [0.1, 0.15) is 28.8 Å². The van der Waals surface area contributed by atoms with Gasteiger partial charge in [-0.15, -0.1) is 0 Å². The first-order valence-corrected chi connectivity index (χ1v) is 10.1. The Labute approximate surface area is 159 Å². The Morgan fingerprint density at radius 2 is 1.89 bits per heavy atom. The van der Waals surface area contributed by atoms with Crippen LogP contribution in [0.3, 0.4) is 0 Å². The van der Waals surface area contributed by atoms with Crippen molar-refractivity contribution in [3.8, 4) is 11.8 Å². The fourth-order valence-electron chi connectivity index (χ4n) is 3.29. The van der Waals surface area contributed by atoms with Crippen LogP contribution in [-0.4, -0.2) is 38.7 Å². The molecule has 0 aliphatic carbocycles. The van der Waals surface area contributed by atoms with Gasteiger partial charge in [-0.05, 0) is 49.2 Å². The SMILES string of the molecule is COc1ccc(C(=O)C2CCCN(S(=O)(=O)c3ccccc3C#N)C2)cc1. The number of hydrogen-bond acceptors (Lipinski definition) is 5. The lowest BCUT2D eigenvalue weighted by Gasteiger charge is -2.31. The molecule has 6 nitrogen and oxygen atoms in total. The number of rotatable bonds is 5. The molecule has 140 valence electrons. The number of nitriles is 1. The molecule has 0 aromatic heterocycles. The van der Waals surface area contributed by atoms with Crippen LogP contribution in [0, 0.1) is 17.2 Å². The molecular weight excluding hydrogens is 364 g/mol. The lowest BCUT2D eigenvalue weighted by atomic mass is 9.91. The lowest BCUT2D eigenvalue weighted by Crippen LogP contribution is -2.42. The molecule has 1 saturated heterocycles. The van der Waals surface area contributed by atoms with Crippen molar-refractivity contribution < 1.29 is 17.9 Å². The van der Waals surface area contributed by atoms with Gasteiger partial charge in [0, 0.05) is 24.6 Å². The first kappa shape index (κ1) is 19.1. The zero-order valence-electron chi connectivity index (χ0n) is 15.0. The molecule has 0 bridgehead atoms. The van der Waals surface area contributed by atoms with Crippen molar-refractivity contribution in [3.05, 3.63) is 59.7 Å². The first-order valence-electron chi connectivity index (χ1n) is 8.65. The van der Waals surface area contributed by atoms with Gasteiger partial charge in [0.05, 0.1) is 17.6 Å². The van der Waals surface area contributed by atoms with Crippen LogP contribution in [0.2, 0.25) is 0 Å². The summed E-state index contributed by atoms with van der Waals surface area (Å²) in [4.78, 5) is 12.8. The zero-order valence-corrected chi connectivity index (χ0v) is 15.8. The topological polar surface area (TPSA) is 87.5 Å². The monoisotopic (exact) mass is 384 g/mol. The molecule has 2 aromatic carbocycles. The molecule has 27 heavy (non-hydrogen) atoms. The lowest BCUT2D eigenvalue weighted by molar-refractivity contribution is 0.0872. The second kappa shape index (κ2) is 7.91. The van der Waals surface area contributed by atoms with Crippen molar-refractivity contribution >= 4 is 15.8 Å². The van der Waals surface area contributed by atoms with Crippen molar-refractivity contribution in [2.24, 2.45) is 5.92 Å². The van der Waals surface area contributed by atoms with Crippen LogP contribution < -0.4 is 4.74 Å². The molecule has 0 radical (unpaired) electrons. The van der Waals surface area contributed by atoms with E-state index >= 15 is 0 Å². The first-order chi connectivity index (χ1) is 13.0. The molecule has 1 heterocycles. The highest BCUT2D eigenvalue weighted by molar-refractivity contribution is 7.89. The van der Waals surface area contributed by atoms with E-state index in [1.54, 1.807) is 43.5 Å². The van der Waals surface area contributed by atoms with Gasteiger partial charge in [-0.3, -0.25) is 4.79 Å². The van der Waals surface area contributed by atoms with Gasteiger partial charge in [-0.1, -0.05) is 12.1 Å². The standard InChI is InChI=1S/C20H20N2O4S/c1-26-18-10-8-15(9-11-18)20(23)17-6-4-12-22(14-17)27(24,25)19-7-3-2-5-16(19)13-21/h2-3,5,7-11,17H,4,6,12,14H2,1H3. The van der Waals surface area contributed by atoms with E-state index in [0.717, 1.165) is 0 Å². The van der Waals surface area contributed by atoms with Crippen molar-refractivity contribution in [2.75, 3.05) is 20.2 Å². The van der Waals surface area contributed by atoms with E-state index in [1.165, 1.54) is 16.4 Å². The predicted molar refractivity (Wildman–Crippen MR) is 100.0 cm³/mol. The summed E-state index contributed by atoms with van der Waals surface area (Å²) in [6, 6.07) is 14.9. The average Bonchev–Trinajstić information content (AvgIpc) is 2.73. The minimum absolute atomic E-state index is 0.00922. The van der Waals surface area contributed by atoms with Gasteiger partial charge >= 0.3 is 0 Å². The molecule has 0 spiro atoms. The highest BCUT2D eigenvalue weighted by Gasteiger charge is 2.34. The maximum Gasteiger partial charge on any atom is 0.244 e. The Balaban J connectivity index is 1.83. The van der Waals surface area contributed by atoms with E-state index in [9.17, 15) is 18.5 Å². The summed E-state index contributed by atoms with van der Waals surface area (Å²) < 4.78 is 32.4. The third-order valence-electron chi connectivity index (χ3n) is 4.75. The Morgan fingerprint density at radius 3 is 2.56 bits per heavy atom. The molecule has 3 rings (SSSR count).